The molecule has 0 aliphatic rings. The molecule has 0 unspecified atom stereocenters. The second-order valence-electron chi connectivity index (χ2n) is 7.92. The Morgan fingerprint density at radius 3 is 1.51 bits per heavy atom. The Labute approximate surface area is 209 Å². The third kappa shape index (κ3) is 3.61. The molecule has 5 aromatic rings. The normalized spacial score (nSPS) is 11.9. The van der Waals surface area contributed by atoms with Gasteiger partial charge in [0.15, 0.2) is 0 Å². The predicted molar refractivity (Wildman–Crippen MR) is 148 cm³/mol. The first kappa shape index (κ1) is 22.6. The lowest BCUT2D eigenvalue weighted by Gasteiger charge is -2.11. The number of benzene rings is 2. The van der Waals surface area contributed by atoms with Gasteiger partial charge < -0.3 is 0 Å². The first-order valence-electron chi connectivity index (χ1n) is 11.3. The van der Waals surface area contributed by atoms with Crippen molar-refractivity contribution in [2.75, 3.05) is 0 Å². The van der Waals surface area contributed by atoms with E-state index in [0.717, 1.165) is 44.3 Å². The summed E-state index contributed by atoms with van der Waals surface area (Å²) < 4.78 is 3.95. The summed E-state index contributed by atoms with van der Waals surface area (Å²) in [6, 6.07) is 16.3. The predicted octanol–water partition coefficient (Wildman–Crippen LogP) is 7.77. The zero-order valence-corrected chi connectivity index (χ0v) is 20.4. The van der Waals surface area contributed by atoms with Crippen LogP contribution in [0.5, 0.6) is 0 Å². The summed E-state index contributed by atoms with van der Waals surface area (Å²) in [5.74, 6) is 0.837. The lowest BCUT2D eigenvalue weighted by Crippen LogP contribution is -2.10. The molecule has 2 aromatic carbocycles. The summed E-state index contributed by atoms with van der Waals surface area (Å²) in [6.45, 7) is 12.1. The van der Waals surface area contributed by atoms with E-state index in [2.05, 4.69) is 47.4 Å². The molecule has 0 saturated carbocycles. The lowest BCUT2D eigenvalue weighted by molar-refractivity contribution is 0.858. The van der Waals surface area contributed by atoms with Crippen LogP contribution in [-0.4, -0.2) is 24.1 Å². The maximum atomic E-state index is 6.51. The molecular formula is C29H24ClN5. The van der Waals surface area contributed by atoms with Crippen LogP contribution in [-0.2, 0) is 0 Å². The summed E-state index contributed by atoms with van der Waals surface area (Å²) in [4.78, 5) is 14.0. The molecule has 3 heterocycles. The molecule has 6 heteroatoms. The van der Waals surface area contributed by atoms with Gasteiger partial charge in [-0.3, -0.25) is 9.13 Å². The van der Waals surface area contributed by atoms with Gasteiger partial charge >= 0.3 is 0 Å². The molecule has 0 atom stereocenters. The summed E-state index contributed by atoms with van der Waals surface area (Å²) in [6.07, 6.45) is 11.8. The third-order valence-corrected chi connectivity index (χ3v) is 6.11. The van der Waals surface area contributed by atoms with Crippen LogP contribution in [0, 0.1) is 0 Å². The maximum absolute atomic E-state index is 6.51. The van der Waals surface area contributed by atoms with Gasteiger partial charge in [-0.25, -0.2) is 0 Å². The molecule has 5 nitrogen and oxygen atoms in total. The minimum atomic E-state index is 0.103. The molecule has 0 aliphatic heterocycles. The molecule has 0 amide bonds. The Morgan fingerprint density at radius 2 is 1.11 bits per heavy atom. The van der Waals surface area contributed by atoms with Crippen molar-refractivity contribution in [3.8, 4) is 11.9 Å². The number of hydrogen-bond donors (Lipinski definition) is 0. The highest BCUT2D eigenvalue weighted by atomic mass is 35.5. The van der Waals surface area contributed by atoms with Crippen LogP contribution in [0.2, 0.25) is 5.28 Å². The summed E-state index contributed by atoms with van der Waals surface area (Å²) in [7, 11) is 0. The van der Waals surface area contributed by atoms with Crippen molar-refractivity contribution in [3.05, 3.63) is 102 Å². The van der Waals surface area contributed by atoms with Crippen LogP contribution < -0.4 is 0 Å². The van der Waals surface area contributed by atoms with Crippen LogP contribution in [0.3, 0.4) is 0 Å². The number of rotatable bonds is 6. The van der Waals surface area contributed by atoms with Gasteiger partial charge in [0.2, 0.25) is 17.2 Å². The van der Waals surface area contributed by atoms with Gasteiger partial charge in [0.25, 0.3) is 0 Å². The number of nitrogens with zero attached hydrogens (tertiary/aromatic N) is 5. The van der Waals surface area contributed by atoms with Crippen molar-refractivity contribution in [1.29, 1.82) is 0 Å². The van der Waals surface area contributed by atoms with Crippen LogP contribution >= 0.6 is 11.6 Å². The molecule has 3 aromatic heterocycles. The maximum Gasteiger partial charge on any atom is 0.240 e. The highest BCUT2D eigenvalue weighted by molar-refractivity contribution is 6.28. The molecular weight excluding hydrogens is 454 g/mol. The number of allylic oxidation sites excluding steroid dienone is 2. The van der Waals surface area contributed by atoms with Crippen LogP contribution in [0.15, 0.2) is 73.8 Å². The molecule has 0 saturated heterocycles. The quantitative estimate of drug-likeness (QED) is 0.251. The molecule has 0 aliphatic carbocycles. The van der Waals surface area contributed by atoms with Crippen molar-refractivity contribution in [2.45, 2.75) is 13.8 Å². The standard InChI is InChI=1S/C29H24ClN5/c1-5-13-19-21-15-9-11-17-25(21)34(23(19)7-3)28-31-27(30)32-29(33-28)35-24(8-4)20(14-6-2)22-16-10-12-18-26(22)35/h5-18H,3-4H2,1-2H3/b13-5-,14-6-. The number of para-hydroxylation sites is 2. The van der Waals surface area contributed by atoms with Gasteiger partial charge in [-0.1, -0.05) is 73.9 Å². The third-order valence-electron chi connectivity index (χ3n) is 5.94. The Balaban J connectivity index is 1.86. The van der Waals surface area contributed by atoms with E-state index >= 15 is 0 Å². The number of fused-ring (bicyclic) bond motifs is 2. The number of hydrogen-bond acceptors (Lipinski definition) is 3. The van der Waals surface area contributed by atoms with Crippen LogP contribution in [0.1, 0.15) is 36.4 Å². The van der Waals surface area contributed by atoms with Crippen LogP contribution in [0.25, 0.3) is 58.0 Å². The van der Waals surface area contributed by atoms with E-state index in [4.69, 9.17) is 16.6 Å². The molecule has 0 radical (unpaired) electrons. The van der Waals surface area contributed by atoms with Crippen LogP contribution in [0.4, 0.5) is 0 Å². The monoisotopic (exact) mass is 477 g/mol. The molecule has 0 N–H and O–H groups in total. The smallest absolute Gasteiger partial charge is 0.240 e. The van der Waals surface area contributed by atoms with E-state index in [1.165, 1.54) is 0 Å². The average Bonchev–Trinajstić information content (AvgIpc) is 3.36. The average molecular weight is 478 g/mol. The van der Waals surface area contributed by atoms with Gasteiger partial charge in [-0.2, -0.15) is 15.0 Å². The Morgan fingerprint density at radius 1 is 0.686 bits per heavy atom. The topological polar surface area (TPSA) is 48.5 Å². The number of halogens is 1. The second-order valence-corrected chi connectivity index (χ2v) is 8.25. The minimum Gasteiger partial charge on any atom is -0.278 e. The zero-order chi connectivity index (χ0) is 24.5. The Bertz CT molecular complexity index is 1550. The second kappa shape index (κ2) is 9.20. The zero-order valence-electron chi connectivity index (χ0n) is 19.6. The largest absolute Gasteiger partial charge is 0.278 e. The van der Waals surface area contributed by atoms with E-state index in [1.807, 2.05) is 83.7 Å². The van der Waals surface area contributed by atoms with Gasteiger partial charge in [0.1, 0.15) is 0 Å². The van der Waals surface area contributed by atoms with E-state index in [1.54, 1.807) is 0 Å². The minimum absolute atomic E-state index is 0.103. The van der Waals surface area contributed by atoms with E-state index in [9.17, 15) is 0 Å². The fourth-order valence-electron chi connectivity index (χ4n) is 4.62. The van der Waals surface area contributed by atoms with Gasteiger partial charge in [-0.05, 0) is 49.7 Å². The Kier molecular flexibility index (Phi) is 5.93. The molecule has 35 heavy (non-hydrogen) atoms. The van der Waals surface area contributed by atoms with E-state index in [-0.39, 0.29) is 5.28 Å². The molecule has 5 rings (SSSR count). The lowest BCUT2D eigenvalue weighted by atomic mass is 10.1. The number of aromatic nitrogens is 5. The van der Waals surface area contributed by atoms with E-state index < -0.39 is 0 Å². The molecule has 0 spiro atoms. The first-order chi connectivity index (χ1) is 17.1. The molecule has 0 bridgehead atoms. The highest BCUT2D eigenvalue weighted by Crippen LogP contribution is 2.33. The SMILES string of the molecule is C=Cc1c(/C=C\C)c2ccccc2n1-c1nc(Cl)nc(-n2c(C=C)c(/C=C\C)c3ccccc32)n1. The van der Waals surface area contributed by atoms with Gasteiger partial charge in [0, 0.05) is 21.9 Å². The summed E-state index contributed by atoms with van der Waals surface area (Å²) in [5, 5.41) is 2.25. The van der Waals surface area contributed by atoms with Crippen molar-refractivity contribution in [1.82, 2.24) is 24.1 Å². The van der Waals surface area contributed by atoms with Crippen molar-refractivity contribution in [2.24, 2.45) is 0 Å². The molecule has 0 fully saturated rings. The van der Waals surface area contributed by atoms with Crippen molar-refractivity contribution >= 4 is 57.7 Å². The summed E-state index contributed by atoms with van der Waals surface area (Å²) >= 11 is 6.51. The fourth-order valence-corrected chi connectivity index (χ4v) is 4.77. The first-order valence-corrected chi connectivity index (χ1v) is 11.7. The van der Waals surface area contributed by atoms with Crippen molar-refractivity contribution < 1.29 is 0 Å². The van der Waals surface area contributed by atoms with Gasteiger partial charge in [-0.15, -0.1) is 0 Å². The Hall–Kier alpha value is -4.22. The van der Waals surface area contributed by atoms with Gasteiger partial charge in [0.05, 0.1) is 22.4 Å². The summed E-state index contributed by atoms with van der Waals surface area (Å²) in [5.41, 5.74) is 5.77. The van der Waals surface area contributed by atoms with E-state index in [0.29, 0.717) is 11.9 Å². The fraction of sp³-hybridized carbons (Fsp3) is 0.0690. The molecule has 172 valence electrons. The highest BCUT2D eigenvalue weighted by Gasteiger charge is 2.21. The van der Waals surface area contributed by atoms with Crippen molar-refractivity contribution in [3.63, 3.8) is 0 Å².